The second-order valence-electron chi connectivity index (χ2n) is 5.62. The highest BCUT2D eigenvalue weighted by Gasteiger charge is 2.24. The average molecular weight is 369 g/mol. The van der Waals surface area contributed by atoms with Crippen LogP contribution in [0.15, 0.2) is 28.7 Å². The van der Waals surface area contributed by atoms with Crippen molar-refractivity contribution in [3.63, 3.8) is 0 Å². The van der Waals surface area contributed by atoms with E-state index in [0.29, 0.717) is 6.04 Å². The van der Waals surface area contributed by atoms with Crippen LogP contribution in [-0.4, -0.2) is 47.6 Å². The monoisotopic (exact) mass is 368 g/mol. The summed E-state index contributed by atoms with van der Waals surface area (Å²) in [7, 11) is 0. The molecule has 120 valence electrons. The zero-order valence-corrected chi connectivity index (χ0v) is 14.0. The SMILES string of the molecule is O=C(O)CNC(=O)CN1CCCCC1Cc1cccc(Br)c1. The number of nitrogens with one attached hydrogen (secondary N) is 1. The first-order valence-corrected chi connectivity index (χ1v) is 8.31. The lowest BCUT2D eigenvalue weighted by Crippen LogP contribution is -2.47. The van der Waals surface area contributed by atoms with Crippen LogP contribution >= 0.6 is 15.9 Å². The van der Waals surface area contributed by atoms with E-state index < -0.39 is 5.97 Å². The van der Waals surface area contributed by atoms with Crippen molar-refractivity contribution < 1.29 is 14.7 Å². The van der Waals surface area contributed by atoms with Crippen LogP contribution in [0.3, 0.4) is 0 Å². The van der Waals surface area contributed by atoms with Gasteiger partial charge >= 0.3 is 5.97 Å². The van der Waals surface area contributed by atoms with Crippen LogP contribution in [0.4, 0.5) is 0 Å². The van der Waals surface area contributed by atoms with E-state index in [4.69, 9.17) is 5.11 Å². The van der Waals surface area contributed by atoms with E-state index >= 15 is 0 Å². The summed E-state index contributed by atoms with van der Waals surface area (Å²) < 4.78 is 1.06. The molecule has 2 N–H and O–H groups in total. The number of benzene rings is 1. The first-order valence-electron chi connectivity index (χ1n) is 7.51. The van der Waals surface area contributed by atoms with Gasteiger partial charge in [-0.25, -0.2) is 0 Å². The van der Waals surface area contributed by atoms with E-state index in [-0.39, 0.29) is 19.0 Å². The van der Waals surface area contributed by atoms with Gasteiger partial charge in [-0.15, -0.1) is 0 Å². The molecule has 1 aliphatic rings. The molecular formula is C16H21BrN2O3. The zero-order chi connectivity index (χ0) is 15.9. The van der Waals surface area contributed by atoms with E-state index in [9.17, 15) is 9.59 Å². The number of piperidine rings is 1. The molecule has 0 saturated carbocycles. The van der Waals surface area contributed by atoms with Gasteiger partial charge in [-0.1, -0.05) is 34.5 Å². The van der Waals surface area contributed by atoms with Crippen LogP contribution in [0, 0.1) is 0 Å². The third-order valence-electron chi connectivity index (χ3n) is 3.89. The van der Waals surface area contributed by atoms with Crippen molar-refractivity contribution in [3.05, 3.63) is 34.3 Å². The van der Waals surface area contributed by atoms with Gasteiger partial charge in [0.25, 0.3) is 0 Å². The Morgan fingerprint density at radius 2 is 2.18 bits per heavy atom. The smallest absolute Gasteiger partial charge is 0.322 e. The first-order chi connectivity index (χ1) is 10.5. The Hall–Kier alpha value is -1.40. The maximum atomic E-state index is 11.8. The minimum Gasteiger partial charge on any atom is -0.480 e. The standard InChI is InChI=1S/C16H21BrN2O3/c17-13-5-3-4-12(8-13)9-14-6-1-2-7-19(14)11-15(20)18-10-16(21)22/h3-5,8,14H,1-2,6-7,9-11H2,(H,18,20)(H,21,22). The second kappa shape index (κ2) is 8.29. The molecule has 0 radical (unpaired) electrons. The Balaban J connectivity index is 1.93. The lowest BCUT2D eigenvalue weighted by molar-refractivity contribution is -0.138. The number of carboxylic acids is 1. The van der Waals surface area contributed by atoms with Crippen LogP contribution in [-0.2, 0) is 16.0 Å². The van der Waals surface area contributed by atoms with E-state index in [1.807, 2.05) is 12.1 Å². The Morgan fingerprint density at radius 1 is 1.36 bits per heavy atom. The number of rotatable bonds is 6. The first kappa shape index (κ1) is 17.0. The molecule has 0 bridgehead atoms. The Labute approximate surface area is 138 Å². The highest BCUT2D eigenvalue weighted by atomic mass is 79.9. The lowest BCUT2D eigenvalue weighted by Gasteiger charge is -2.35. The number of amides is 1. The van der Waals surface area contributed by atoms with E-state index in [2.05, 4.69) is 38.3 Å². The van der Waals surface area contributed by atoms with Crippen LogP contribution in [0.1, 0.15) is 24.8 Å². The van der Waals surface area contributed by atoms with Gasteiger partial charge in [0.05, 0.1) is 6.54 Å². The summed E-state index contributed by atoms with van der Waals surface area (Å²) in [5.74, 6) is -1.23. The van der Waals surface area contributed by atoms with Crippen LogP contribution < -0.4 is 5.32 Å². The summed E-state index contributed by atoms with van der Waals surface area (Å²) in [6.07, 6.45) is 4.23. The lowest BCUT2D eigenvalue weighted by atomic mass is 9.95. The molecule has 0 aromatic heterocycles. The predicted octanol–water partition coefficient (Wildman–Crippen LogP) is 2.05. The number of likely N-dealkylation sites (tertiary alicyclic amines) is 1. The maximum Gasteiger partial charge on any atom is 0.322 e. The molecule has 1 aromatic carbocycles. The van der Waals surface area contributed by atoms with Crippen molar-refractivity contribution >= 4 is 27.8 Å². The summed E-state index contributed by atoms with van der Waals surface area (Å²) in [5, 5.41) is 11.0. The van der Waals surface area contributed by atoms with Gasteiger partial charge in [0, 0.05) is 10.5 Å². The quantitative estimate of drug-likeness (QED) is 0.805. The van der Waals surface area contributed by atoms with Gasteiger partial charge in [-0.05, 0) is 43.5 Å². The minimum atomic E-state index is -1.02. The molecular weight excluding hydrogens is 348 g/mol. The fourth-order valence-corrected chi connectivity index (χ4v) is 3.30. The fourth-order valence-electron chi connectivity index (χ4n) is 2.85. The van der Waals surface area contributed by atoms with E-state index in [0.717, 1.165) is 30.3 Å². The molecule has 1 unspecified atom stereocenters. The summed E-state index contributed by atoms with van der Waals surface area (Å²) in [6, 6.07) is 8.56. The molecule has 1 heterocycles. The molecule has 1 saturated heterocycles. The van der Waals surface area contributed by atoms with Gasteiger partial charge in [-0.2, -0.15) is 0 Å². The number of carbonyl (C=O) groups is 2. The Bertz CT molecular complexity index is 536. The number of halogens is 1. The average Bonchev–Trinajstić information content (AvgIpc) is 2.47. The number of nitrogens with zero attached hydrogens (tertiary/aromatic N) is 1. The van der Waals surface area contributed by atoms with E-state index in [1.54, 1.807) is 0 Å². The third kappa shape index (κ3) is 5.42. The van der Waals surface area contributed by atoms with Gasteiger partial charge in [0.2, 0.25) is 5.91 Å². The molecule has 1 atom stereocenters. The Kier molecular flexibility index (Phi) is 6.39. The van der Waals surface area contributed by atoms with Crippen molar-refractivity contribution in [1.29, 1.82) is 0 Å². The second-order valence-corrected chi connectivity index (χ2v) is 6.54. The molecule has 1 amide bonds. The Morgan fingerprint density at radius 3 is 2.91 bits per heavy atom. The molecule has 0 aliphatic carbocycles. The van der Waals surface area contributed by atoms with Crippen molar-refractivity contribution in [2.45, 2.75) is 31.7 Å². The fraction of sp³-hybridized carbons (Fsp3) is 0.500. The van der Waals surface area contributed by atoms with Crippen LogP contribution in [0.5, 0.6) is 0 Å². The summed E-state index contributed by atoms with van der Waals surface area (Å²) in [4.78, 5) is 24.5. The third-order valence-corrected chi connectivity index (χ3v) is 4.39. The van der Waals surface area contributed by atoms with Gasteiger partial charge in [0.1, 0.15) is 6.54 Å². The van der Waals surface area contributed by atoms with Crippen molar-refractivity contribution in [2.75, 3.05) is 19.6 Å². The largest absolute Gasteiger partial charge is 0.480 e. The van der Waals surface area contributed by atoms with Crippen molar-refractivity contribution in [2.24, 2.45) is 0 Å². The van der Waals surface area contributed by atoms with E-state index in [1.165, 1.54) is 12.0 Å². The molecule has 22 heavy (non-hydrogen) atoms. The molecule has 6 heteroatoms. The topological polar surface area (TPSA) is 69.6 Å². The highest BCUT2D eigenvalue weighted by molar-refractivity contribution is 9.10. The summed E-state index contributed by atoms with van der Waals surface area (Å²) in [6.45, 7) is 0.841. The van der Waals surface area contributed by atoms with Gasteiger partial charge < -0.3 is 10.4 Å². The molecule has 0 spiro atoms. The van der Waals surface area contributed by atoms with Crippen LogP contribution in [0.2, 0.25) is 0 Å². The number of hydrogen-bond donors (Lipinski definition) is 2. The number of carbonyl (C=O) groups excluding carboxylic acids is 1. The molecule has 2 rings (SSSR count). The predicted molar refractivity (Wildman–Crippen MR) is 87.7 cm³/mol. The minimum absolute atomic E-state index is 0.219. The molecule has 1 fully saturated rings. The number of hydrogen-bond acceptors (Lipinski definition) is 3. The highest BCUT2D eigenvalue weighted by Crippen LogP contribution is 2.22. The number of carboxylic acid groups (broad SMARTS) is 1. The summed E-state index contributed by atoms with van der Waals surface area (Å²) in [5.41, 5.74) is 1.25. The van der Waals surface area contributed by atoms with Gasteiger partial charge in [0.15, 0.2) is 0 Å². The molecule has 5 nitrogen and oxygen atoms in total. The number of aliphatic carboxylic acids is 1. The van der Waals surface area contributed by atoms with Crippen LogP contribution in [0.25, 0.3) is 0 Å². The van der Waals surface area contributed by atoms with Crippen molar-refractivity contribution in [1.82, 2.24) is 10.2 Å². The molecule has 1 aliphatic heterocycles. The molecule has 1 aromatic rings. The zero-order valence-electron chi connectivity index (χ0n) is 12.4. The maximum absolute atomic E-state index is 11.8. The summed E-state index contributed by atoms with van der Waals surface area (Å²) >= 11 is 3.48. The van der Waals surface area contributed by atoms with Gasteiger partial charge in [-0.3, -0.25) is 14.5 Å². The van der Waals surface area contributed by atoms with Crippen molar-refractivity contribution in [3.8, 4) is 0 Å². The normalized spacial score (nSPS) is 18.9.